The molecule has 1 atom stereocenters. The normalized spacial score (nSPS) is 18.4. The Morgan fingerprint density at radius 2 is 1.78 bits per heavy atom. The van der Waals surface area contributed by atoms with Gasteiger partial charge in [-0.15, -0.1) is 0 Å². The molecule has 1 aliphatic rings. The summed E-state index contributed by atoms with van der Waals surface area (Å²) in [4.78, 5) is 0. The van der Waals surface area contributed by atoms with Gasteiger partial charge in [0, 0.05) is 11.5 Å². The second-order valence-electron chi connectivity index (χ2n) is 5.87. The van der Waals surface area contributed by atoms with Crippen LogP contribution in [0.15, 0.2) is 30.3 Å². The molecule has 1 heteroatoms. The molecule has 1 aliphatic carbocycles. The molecular formula is C17H27N. The quantitative estimate of drug-likeness (QED) is 0.796. The Kier molecular flexibility index (Phi) is 4.45. The highest BCUT2D eigenvalue weighted by Gasteiger charge is 2.36. The van der Waals surface area contributed by atoms with Crippen LogP contribution in [0, 0.1) is 5.92 Å². The van der Waals surface area contributed by atoms with E-state index in [-0.39, 0.29) is 5.41 Å². The van der Waals surface area contributed by atoms with E-state index in [2.05, 4.69) is 44.2 Å². The average Bonchev–Trinajstić information content (AvgIpc) is 2.37. The van der Waals surface area contributed by atoms with Gasteiger partial charge in [0.25, 0.3) is 0 Å². The predicted octanol–water partition coefficient (Wildman–Crippen LogP) is 4.26. The van der Waals surface area contributed by atoms with Crippen molar-refractivity contribution in [3.63, 3.8) is 0 Å². The van der Waals surface area contributed by atoms with E-state index in [4.69, 9.17) is 5.73 Å². The van der Waals surface area contributed by atoms with Gasteiger partial charge in [0.15, 0.2) is 0 Å². The van der Waals surface area contributed by atoms with Crippen molar-refractivity contribution in [1.82, 2.24) is 0 Å². The molecule has 0 heterocycles. The van der Waals surface area contributed by atoms with E-state index in [0.717, 1.165) is 18.8 Å². The fourth-order valence-electron chi connectivity index (χ4n) is 3.48. The molecule has 1 aromatic rings. The van der Waals surface area contributed by atoms with E-state index in [0.29, 0.717) is 6.04 Å². The van der Waals surface area contributed by atoms with Crippen molar-refractivity contribution in [2.24, 2.45) is 11.7 Å². The molecule has 0 aromatic heterocycles. The molecule has 0 amide bonds. The highest BCUT2D eigenvalue weighted by molar-refractivity contribution is 5.27. The standard InChI is InChI=1S/C17H27N/c1-3-17(4-2,15-11-6-5-7-12-15)16(18)13-14-9-8-10-14/h5-7,11-12,14,16H,3-4,8-10,13,18H2,1-2H3. The third kappa shape index (κ3) is 2.47. The van der Waals surface area contributed by atoms with E-state index in [9.17, 15) is 0 Å². The first-order valence-corrected chi connectivity index (χ1v) is 7.54. The number of hydrogen-bond donors (Lipinski definition) is 1. The molecule has 0 spiro atoms. The summed E-state index contributed by atoms with van der Waals surface area (Å²) in [6.07, 6.45) is 7.69. The molecule has 1 nitrogen and oxygen atoms in total. The van der Waals surface area contributed by atoms with Gasteiger partial charge in [-0.2, -0.15) is 0 Å². The summed E-state index contributed by atoms with van der Waals surface area (Å²) in [7, 11) is 0. The summed E-state index contributed by atoms with van der Waals surface area (Å²) in [6.45, 7) is 4.58. The van der Waals surface area contributed by atoms with Crippen LogP contribution in [0.3, 0.4) is 0 Å². The first-order chi connectivity index (χ1) is 8.73. The van der Waals surface area contributed by atoms with Gasteiger partial charge in [0.1, 0.15) is 0 Å². The second kappa shape index (κ2) is 5.88. The predicted molar refractivity (Wildman–Crippen MR) is 78.6 cm³/mol. The van der Waals surface area contributed by atoms with Crippen LogP contribution in [-0.2, 0) is 5.41 Å². The fraction of sp³-hybridized carbons (Fsp3) is 0.647. The largest absolute Gasteiger partial charge is 0.327 e. The third-order valence-electron chi connectivity index (χ3n) is 5.13. The maximum atomic E-state index is 6.62. The summed E-state index contributed by atoms with van der Waals surface area (Å²) in [5, 5.41) is 0. The highest BCUT2D eigenvalue weighted by Crippen LogP contribution is 2.40. The molecule has 100 valence electrons. The van der Waals surface area contributed by atoms with Gasteiger partial charge in [0.05, 0.1) is 0 Å². The third-order valence-corrected chi connectivity index (χ3v) is 5.13. The van der Waals surface area contributed by atoms with Crippen LogP contribution in [0.25, 0.3) is 0 Å². The van der Waals surface area contributed by atoms with Crippen LogP contribution < -0.4 is 5.73 Å². The molecule has 0 saturated heterocycles. The maximum Gasteiger partial charge on any atom is 0.0139 e. The molecule has 1 unspecified atom stereocenters. The maximum absolute atomic E-state index is 6.62. The van der Waals surface area contributed by atoms with E-state index in [1.807, 2.05) is 0 Å². The summed E-state index contributed by atoms with van der Waals surface area (Å²) in [6, 6.07) is 11.2. The summed E-state index contributed by atoms with van der Waals surface area (Å²) < 4.78 is 0. The highest BCUT2D eigenvalue weighted by atomic mass is 14.7. The minimum absolute atomic E-state index is 0.177. The van der Waals surface area contributed by atoms with Crippen LogP contribution in [0.2, 0.25) is 0 Å². The topological polar surface area (TPSA) is 26.0 Å². The molecule has 1 aromatic carbocycles. The van der Waals surface area contributed by atoms with Gasteiger partial charge < -0.3 is 5.73 Å². The smallest absolute Gasteiger partial charge is 0.0139 e. The van der Waals surface area contributed by atoms with Gasteiger partial charge in [0.2, 0.25) is 0 Å². The second-order valence-corrected chi connectivity index (χ2v) is 5.87. The lowest BCUT2D eigenvalue weighted by molar-refractivity contribution is 0.215. The first kappa shape index (κ1) is 13.6. The van der Waals surface area contributed by atoms with Crippen molar-refractivity contribution < 1.29 is 0 Å². The molecule has 2 rings (SSSR count). The van der Waals surface area contributed by atoms with Crippen molar-refractivity contribution in [3.05, 3.63) is 35.9 Å². The lowest BCUT2D eigenvalue weighted by atomic mass is 9.66. The van der Waals surface area contributed by atoms with E-state index in [1.165, 1.54) is 31.2 Å². The Balaban J connectivity index is 2.19. The molecule has 0 radical (unpaired) electrons. The van der Waals surface area contributed by atoms with Crippen LogP contribution in [0.1, 0.15) is 57.9 Å². The monoisotopic (exact) mass is 245 g/mol. The Hall–Kier alpha value is -0.820. The first-order valence-electron chi connectivity index (χ1n) is 7.54. The average molecular weight is 245 g/mol. The van der Waals surface area contributed by atoms with Crippen LogP contribution in [0.4, 0.5) is 0 Å². The van der Waals surface area contributed by atoms with Gasteiger partial charge >= 0.3 is 0 Å². The number of hydrogen-bond acceptors (Lipinski definition) is 1. The minimum atomic E-state index is 0.177. The van der Waals surface area contributed by atoms with Crippen molar-refractivity contribution in [1.29, 1.82) is 0 Å². The lowest BCUT2D eigenvalue weighted by Crippen LogP contribution is -2.46. The van der Waals surface area contributed by atoms with Gasteiger partial charge in [-0.25, -0.2) is 0 Å². The Morgan fingerprint density at radius 1 is 1.17 bits per heavy atom. The van der Waals surface area contributed by atoms with Crippen molar-refractivity contribution >= 4 is 0 Å². The fourth-order valence-corrected chi connectivity index (χ4v) is 3.48. The van der Waals surface area contributed by atoms with Crippen LogP contribution >= 0.6 is 0 Å². The molecule has 1 fully saturated rings. The van der Waals surface area contributed by atoms with Gasteiger partial charge in [-0.3, -0.25) is 0 Å². The zero-order valence-electron chi connectivity index (χ0n) is 11.9. The number of benzene rings is 1. The molecular weight excluding hydrogens is 218 g/mol. The van der Waals surface area contributed by atoms with E-state index < -0.39 is 0 Å². The number of nitrogens with two attached hydrogens (primary N) is 1. The zero-order chi connectivity index (χ0) is 13.0. The summed E-state index contributed by atoms with van der Waals surface area (Å²) in [5.74, 6) is 0.890. The van der Waals surface area contributed by atoms with Gasteiger partial charge in [-0.05, 0) is 30.7 Å². The van der Waals surface area contributed by atoms with Gasteiger partial charge in [-0.1, -0.05) is 63.4 Å². The molecule has 0 aliphatic heterocycles. The van der Waals surface area contributed by atoms with Crippen LogP contribution in [-0.4, -0.2) is 6.04 Å². The van der Waals surface area contributed by atoms with E-state index in [1.54, 1.807) is 0 Å². The minimum Gasteiger partial charge on any atom is -0.327 e. The zero-order valence-corrected chi connectivity index (χ0v) is 11.9. The Morgan fingerprint density at radius 3 is 2.22 bits per heavy atom. The molecule has 1 saturated carbocycles. The summed E-state index contributed by atoms with van der Waals surface area (Å²) in [5.41, 5.74) is 8.23. The Bertz CT molecular complexity index is 349. The van der Waals surface area contributed by atoms with E-state index >= 15 is 0 Å². The molecule has 2 N–H and O–H groups in total. The summed E-state index contributed by atoms with van der Waals surface area (Å²) >= 11 is 0. The lowest BCUT2D eigenvalue weighted by Gasteiger charge is -2.41. The van der Waals surface area contributed by atoms with Crippen molar-refractivity contribution in [3.8, 4) is 0 Å². The SMILES string of the molecule is CCC(CC)(c1ccccc1)C(N)CC1CCC1. The van der Waals surface area contributed by atoms with Crippen LogP contribution in [0.5, 0.6) is 0 Å². The van der Waals surface area contributed by atoms with Crippen molar-refractivity contribution in [2.45, 2.75) is 63.8 Å². The van der Waals surface area contributed by atoms with Crippen molar-refractivity contribution in [2.75, 3.05) is 0 Å². The number of rotatable bonds is 6. The molecule has 0 bridgehead atoms. The Labute approximate surface area is 112 Å². The molecule has 18 heavy (non-hydrogen) atoms.